The third-order valence-corrected chi connectivity index (χ3v) is 8.08. The number of aromatic nitrogens is 3. The summed E-state index contributed by atoms with van der Waals surface area (Å²) in [5.74, 6) is -0.338. The molecule has 0 bridgehead atoms. The number of halogens is 2. The molecule has 36 heavy (non-hydrogen) atoms. The molecule has 1 N–H and O–H groups in total. The van der Waals surface area contributed by atoms with E-state index in [9.17, 15) is 30.4 Å². The molecule has 2 aromatic rings. The molecule has 1 aliphatic heterocycles. The third-order valence-electron chi connectivity index (χ3n) is 4.93. The molecule has 1 atom stereocenters. The van der Waals surface area contributed by atoms with Crippen molar-refractivity contribution in [1.29, 1.82) is 0 Å². The van der Waals surface area contributed by atoms with Crippen LogP contribution in [0.25, 0.3) is 0 Å². The number of carbonyl (C=O) groups excluding carboxylic acids is 1. The van der Waals surface area contributed by atoms with Gasteiger partial charge in [0.15, 0.2) is 0 Å². The fourth-order valence-corrected chi connectivity index (χ4v) is 5.76. The van der Waals surface area contributed by atoms with Crippen molar-refractivity contribution in [2.24, 2.45) is 0 Å². The number of amides is 1. The highest BCUT2D eigenvalue weighted by Crippen LogP contribution is 2.35. The first-order valence-corrected chi connectivity index (χ1v) is 13.8. The zero-order chi connectivity index (χ0) is 27.1. The molecule has 0 saturated heterocycles. The predicted molar refractivity (Wildman–Crippen MR) is 125 cm³/mol. The summed E-state index contributed by atoms with van der Waals surface area (Å²) in [6, 6.07) is 1.32. The van der Waals surface area contributed by atoms with Crippen LogP contribution in [0.1, 0.15) is 45.6 Å². The second-order valence-corrected chi connectivity index (χ2v) is 12.7. The molecule has 2 aromatic heterocycles. The first kappa shape index (κ1) is 27.7. The van der Waals surface area contributed by atoms with Crippen molar-refractivity contribution in [1.82, 2.24) is 14.8 Å². The van der Waals surface area contributed by atoms with E-state index in [4.69, 9.17) is 8.92 Å². The van der Waals surface area contributed by atoms with Gasteiger partial charge in [-0.2, -0.15) is 22.3 Å². The zero-order valence-electron chi connectivity index (χ0n) is 20.2. The lowest BCUT2D eigenvalue weighted by molar-refractivity contribution is 0.0560. The van der Waals surface area contributed by atoms with Crippen LogP contribution in [0.5, 0.6) is 0 Å². The normalized spacial score (nSPS) is 16.7. The van der Waals surface area contributed by atoms with Gasteiger partial charge in [-0.25, -0.2) is 17.9 Å². The summed E-state index contributed by atoms with van der Waals surface area (Å²) >= 11 is 0. The second-order valence-electron chi connectivity index (χ2n) is 8.96. The Kier molecular flexibility index (Phi) is 7.62. The fraction of sp³-hybridized carbons (Fsp3) is 0.550. The molecule has 0 fully saturated rings. The summed E-state index contributed by atoms with van der Waals surface area (Å²) in [5.41, 5.74) is -0.698. The van der Waals surface area contributed by atoms with Crippen molar-refractivity contribution in [2.75, 3.05) is 21.9 Å². The number of fused-ring (bicyclic) bond motifs is 1. The molecule has 0 aromatic carbocycles. The van der Waals surface area contributed by atoms with Crippen LogP contribution in [0, 0.1) is 6.92 Å². The Morgan fingerprint density at radius 2 is 1.94 bits per heavy atom. The molecule has 1 amide bonds. The van der Waals surface area contributed by atoms with Crippen molar-refractivity contribution < 1.29 is 39.3 Å². The van der Waals surface area contributed by atoms with Gasteiger partial charge in [0.05, 0.1) is 47.5 Å². The Bertz CT molecular complexity index is 1350. The van der Waals surface area contributed by atoms with Gasteiger partial charge in [0.25, 0.3) is 20.1 Å². The van der Waals surface area contributed by atoms with Crippen LogP contribution in [0.3, 0.4) is 0 Å². The van der Waals surface area contributed by atoms with Crippen LogP contribution in [0.15, 0.2) is 23.4 Å². The summed E-state index contributed by atoms with van der Waals surface area (Å²) in [7, 11) is -8.48. The van der Waals surface area contributed by atoms with E-state index in [0.29, 0.717) is 6.20 Å². The molecular weight excluding hydrogens is 524 g/mol. The Balaban J connectivity index is 2.06. The van der Waals surface area contributed by atoms with Gasteiger partial charge < -0.3 is 4.74 Å². The summed E-state index contributed by atoms with van der Waals surface area (Å²) in [6.45, 7) is 4.10. The largest absolute Gasteiger partial charge is 0.444 e. The lowest BCUT2D eigenvalue weighted by atomic mass is 10.1. The van der Waals surface area contributed by atoms with Gasteiger partial charge in [0.2, 0.25) is 0 Å². The van der Waals surface area contributed by atoms with E-state index in [1.165, 1.54) is 26.1 Å². The SMILES string of the molecule is CCS(=O)(=O)O[C@@H]1Cc2ncc(NC(=O)OC(C)(C)C)cc2N(S(=O)(=O)c2cn(C(F)F)nc2C)C1. The number of sulfonamides is 1. The van der Waals surface area contributed by atoms with Crippen LogP contribution in [0.4, 0.5) is 25.0 Å². The molecule has 0 aliphatic carbocycles. The maximum Gasteiger partial charge on any atom is 0.412 e. The van der Waals surface area contributed by atoms with E-state index in [0.717, 1.165) is 4.31 Å². The first-order valence-electron chi connectivity index (χ1n) is 10.8. The quantitative estimate of drug-likeness (QED) is 0.513. The molecule has 200 valence electrons. The number of hydrogen-bond donors (Lipinski definition) is 1. The number of carbonyl (C=O) groups is 1. The van der Waals surface area contributed by atoms with E-state index in [1.807, 2.05) is 0 Å². The number of nitrogens with one attached hydrogen (secondary N) is 1. The number of alkyl halides is 2. The van der Waals surface area contributed by atoms with E-state index in [2.05, 4.69) is 15.4 Å². The second kappa shape index (κ2) is 9.89. The maximum atomic E-state index is 13.6. The number of rotatable bonds is 7. The van der Waals surface area contributed by atoms with Crippen LogP contribution in [0.2, 0.25) is 0 Å². The van der Waals surface area contributed by atoms with Crippen molar-refractivity contribution in [3.05, 3.63) is 29.8 Å². The van der Waals surface area contributed by atoms with Crippen molar-refractivity contribution >= 4 is 37.6 Å². The molecule has 12 nitrogen and oxygen atoms in total. The molecule has 0 radical (unpaired) electrons. The van der Waals surface area contributed by atoms with E-state index in [1.54, 1.807) is 20.8 Å². The molecule has 0 unspecified atom stereocenters. The van der Waals surface area contributed by atoms with Crippen molar-refractivity contribution in [2.45, 2.75) is 64.2 Å². The van der Waals surface area contributed by atoms with Gasteiger partial charge in [0, 0.05) is 6.42 Å². The Hall–Kier alpha value is -2.85. The monoisotopic (exact) mass is 551 g/mol. The molecule has 0 saturated carbocycles. The van der Waals surface area contributed by atoms with Gasteiger partial charge >= 0.3 is 12.6 Å². The zero-order valence-corrected chi connectivity index (χ0v) is 21.9. The van der Waals surface area contributed by atoms with E-state index >= 15 is 0 Å². The van der Waals surface area contributed by atoms with Crippen LogP contribution < -0.4 is 9.62 Å². The fourth-order valence-electron chi connectivity index (χ4n) is 3.41. The Labute approximate surface area is 207 Å². The highest BCUT2D eigenvalue weighted by Gasteiger charge is 2.38. The summed E-state index contributed by atoms with van der Waals surface area (Å²) < 4.78 is 89.0. The number of anilines is 2. The average Bonchev–Trinajstić information content (AvgIpc) is 3.14. The molecular formula is C20H27F2N5O7S2. The predicted octanol–water partition coefficient (Wildman–Crippen LogP) is 2.81. The number of ether oxygens (including phenoxy) is 1. The van der Waals surface area contributed by atoms with Crippen LogP contribution in [-0.4, -0.2) is 61.7 Å². The minimum absolute atomic E-state index is 0.0153. The molecule has 16 heteroatoms. The number of pyridine rings is 1. The lowest BCUT2D eigenvalue weighted by Crippen LogP contribution is -2.44. The first-order chi connectivity index (χ1) is 16.5. The van der Waals surface area contributed by atoms with Crippen molar-refractivity contribution in [3.8, 4) is 0 Å². The molecule has 0 spiro atoms. The summed E-state index contributed by atoms with van der Waals surface area (Å²) in [6.07, 6.45) is -0.0376. The summed E-state index contributed by atoms with van der Waals surface area (Å²) in [5, 5.41) is 6.02. The standard InChI is InChI=1S/C20H27F2N5O7S2/c1-6-35(29,30)34-14-8-15-16(7-13(9-23-15)24-19(28)33-20(3,4)5)27(10-14)36(31,32)17-11-26(18(21)22)25-12(17)2/h7,9,11,14,18H,6,8,10H2,1-5H3,(H,24,28)/t14-/m1/s1. The molecule has 1 aliphatic rings. The Morgan fingerprint density at radius 1 is 1.28 bits per heavy atom. The van der Waals surface area contributed by atoms with Crippen LogP contribution >= 0.6 is 0 Å². The number of hydrogen-bond acceptors (Lipinski definition) is 9. The van der Waals surface area contributed by atoms with E-state index in [-0.39, 0.29) is 39.6 Å². The molecule has 3 rings (SSSR count). The number of nitrogens with zero attached hydrogens (tertiary/aromatic N) is 4. The maximum absolute atomic E-state index is 13.6. The minimum atomic E-state index is -4.53. The van der Waals surface area contributed by atoms with Gasteiger partial charge in [-0.3, -0.25) is 18.8 Å². The van der Waals surface area contributed by atoms with E-state index < -0.39 is 55.9 Å². The lowest BCUT2D eigenvalue weighted by Gasteiger charge is -2.34. The summed E-state index contributed by atoms with van der Waals surface area (Å²) in [4.78, 5) is 15.9. The highest BCUT2D eigenvalue weighted by atomic mass is 32.2. The Morgan fingerprint density at radius 3 is 2.50 bits per heavy atom. The molecule has 3 heterocycles. The highest BCUT2D eigenvalue weighted by molar-refractivity contribution is 7.93. The minimum Gasteiger partial charge on any atom is -0.444 e. The van der Waals surface area contributed by atoms with Gasteiger partial charge in [-0.05, 0) is 40.7 Å². The van der Waals surface area contributed by atoms with Crippen LogP contribution in [-0.2, 0) is 35.5 Å². The average molecular weight is 552 g/mol. The number of aryl methyl sites for hydroxylation is 1. The van der Waals surface area contributed by atoms with Gasteiger partial charge in [-0.1, -0.05) is 0 Å². The topological polar surface area (TPSA) is 150 Å². The van der Waals surface area contributed by atoms with Gasteiger partial charge in [-0.15, -0.1) is 0 Å². The third kappa shape index (κ3) is 6.28. The van der Waals surface area contributed by atoms with Gasteiger partial charge in [0.1, 0.15) is 16.6 Å². The smallest absolute Gasteiger partial charge is 0.412 e. The van der Waals surface area contributed by atoms with Crippen molar-refractivity contribution in [3.63, 3.8) is 0 Å².